The summed E-state index contributed by atoms with van der Waals surface area (Å²) in [4.78, 5) is 6.74. The second-order valence-corrected chi connectivity index (χ2v) is 6.92. The maximum Gasteiger partial charge on any atom is 0.120 e. The van der Waals surface area contributed by atoms with Crippen molar-refractivity contribution in [3.63, 3.8) is 0 Å². The first kappa shape index (κ1) is 20.9. The van der Waals surface area contributed by atoms with Crippen molar-refractivity contribution in [2.45, 2.75) is 25.1 Å². The zero-order valence-electron chi connectivity index (χ0n) is 14.8. The topological polar surface area (TPSA) is 25.4 Å². The van der Waals surface area contributed by atoms with Crippen LogP contribution in [0.5, 0.6) is 5.75 Å². The maximum atomic E-state index is 15.2. The van der Waals surface area contributed by atoms with Crippen LogP contribution in [0, 0.1) is 11.8 Å². The number of ether oxygens (including phenoxy) is 1. The molecule has 0 N–H and O–H groups in total. The van der Waals surface area contributed by atoms with E-state index in [1.807, 2.05) is 30.3 Å². The third kappa shape index (κ3) is 3.55. The summed E-state index contributed by atoms with van der Waals surface area (Å²) in [5, 5.41) is 0.991. The fourth-order valence-electron chi connectivity index (χ4n) is 4.44. The molecule has 142 valence electrons. The van der Waals surface area contributed by atoms with Gasteiger partial charge in [-0.1, -0.05) is 6.08 Å². The van der Waals surface area contributed by atoms with Gasteiger partial charge in [-0.05, 0) is 61.1 Å². The molecule has 0 saturated carbocycles. The van der Waals surface area contributed by atoms with Crippen molar-refractivity contribution in [2.24, 2.45) is 11.8 Å². The first-order chi connectivity index (χ1) is 11.7. The molecule has 2 bridgehead atoms. The molecule has 3 aliphatic rings. The average molecular weight is 399 g/mol. The summed E-state index contributed by atoms with van der Waals surface area (Å²) in [6.07, 6.45) is 4.62. The highest BCUT2D eigenvalue weighted by atomic mass is 35.5. The van der Waals surface area contributed by atoms with Crippen LogP contribution >= 0.6 is 24.8 Å². The van der Waals surface area contributed by atoms with Gasteiger partial charge in [0, 0.05) is 18.1 Å². The van der Waals surface area contributed by atoms with E-state index < -0.39 is 6.17 Å². The number of piperidine rings is 1. The van der Waals surface area contributed by atoms with E-state index in [-0.39, 0.29) is 30.9 Å². The van der Waals surface area contributed by atoms with Gasteiger partial charge in [-0.15, -0.1) is 31.4 Å². The number of aromatic nitrogens is 1. The average Bonchev–Trinajstić information content (AvgIpc) is 2.86. The Bertz CT molecular complexity index is 773. The van der Waals surface area contributed by atoms with E-state index >= 15 is 4.39 Å². The molecule has 3 fully saturated rings. The van der Waals surface area contributed by atoms with Crippen LogP contribution in [0.25, 0.3) is 10.9 Å². The lowest BCUT2D eigenvalue weighted by Crippen LogP contribution is -2.39. The maximum absolute atomic E-state index is 15.2. The number of pyridine rings is 1. The minimum absolute atomic E-state index is 0. The molecule has 0 radical (unpaired) electrons. The largest absolute Gasteiger partial charge is 0.497 e. The highest BCUT2D eigenvalue weighted by Gasteiger charge is 2.42. The Hall–Kier alpha value is -1.36. The Balaban J connectivity index is 0.00000121. The molecule has 2 aromatic rings. The van der Waals surface area contributed by atoms with E-state index in [9.17, 15) is 0 Å². The second-order valence-electron chi connectivity index (χ2n) is 6.92. The minimum Gasteiger partial charge on any atom is -0.497 e. The lowest BCUT2D eigenvalue weighted by Gasteiger charge is -2.36. The van der Waals surface area contributed by atoms with E-state index in [2.05, 4.69) is 16.5 Å². The summed E-state index contributed by atoms with van der Waals surface area (Å²) >= 11 is 0. The van der Waals surface area contributed by atoms with Gasteiger partial charge in [0.1, 0.15) is 11.9 Å². The van der Waals surface area contributed by atoms with Crippen LogP contribution in [0.2, 0.25) is 0 Å². The van der Waals surface area contributed by atoms with Gasteiger partial charge in [0.2, 0.25) is 0 Å². The lowest BCUT2D eigenvalue weighted by molar-refractivity contribution is 0.113. The number of methoxy groups -OCH3 is 1. The van der Waals surface area contributed by atoms with Crippen molar-refractivity contribution in [2.75, 3.05) is 20.2 Å². The molecule has 3 saturated heterocycles. The summed E-state index contributed by atoms with van der Waals surface area (Å²) in [5.74, 6) is 1.59. The first-order valence-electron chi connectivity index (χ1n) is 8.64. The highest BCUT2D eigenvalue weighted by Crippen LogP contribution is 2.44. The van der Waals surface area contributed by atoms with Crippen LogP contribution in [0.3, 0.4) is 0 Å². The van der Waals surface area contributed by atoms with Crippen molar-refractivity contribution in [1.29, 1.82) is 0 Å². The highest BCUT2D eigenvalue weighted by molar-refractivity contribution is 5.86. The molecule has 1 aromatic carbocycles. The molecule has 1 aromatic heterocycles. The third-order valence-electron chi connectivity index (χ3n) is 5.71. The number of rotatable bonds is 3. The Morgan fingerprint density at radius 1 is 1.31 bits per heavy atom. The van der Waals surface area contributed by atoms with E-state index in [4.69, 9.17) is 4.74 Å². The van der Waals surface area contributed by atoms with Gasteiger partial charge in [0.05, 0.1) is 18.7 Å². The van der Waals surface area contributed by atoms with Crippen LogP contribution < -0.4 is 4.74 Å². The van der Waals surface area contributed by atoms with Gasteiger partial charge in [-0.3, -0.25) is 9.88 Å². The number of hydrogen-bond donors (Lipinski definition) is 0. The molecular formula is C20H25Cl2FN2O. The Morgan fingerprint density at radius 3 is 2.85 bits per heavy atom. The smallest absolute Gasteiger partial charge is 0.120 e. The molecule has 26 heavy (non-hydrogen) atoms. The fourth-order valence-corrected chi connectivity index (χ4v) is 4.44. The van der Waals surface area contributed by atoms with Gasteiger partial charge >= 0.3 is 0 Å². The quantitative estimate of drug-likeness (QED) is 0.680. The molecule has 5 atom stereocenters. The van der Waals surface area contributed by atoms with Crippen LogP contribution in [0.4, 0.5) is 4.39 Å². The SMILES string of the molecule is C=C[C@H]1CN2CC[C@H]1C[C@@H](F)[C@@H]2c1ccnc2ccc(OC)cc12.Cl.Cl. The number of alkyl halides is 1. The number of halogens is 3. The second kappa shape index (κ2) is 8.55. The fraction of sp³-hybridized carbons (Fsp3) is 0.450. The van der Waals surface area contributed by atoms with Crippen molar-refractivity contribution in [3.8, 4) is 5.75 Å². The van der Waals surface area contributed by atoms with Gasteiger partial charge in [0.15, 0.2) is 0 Å². The van der Waals surface area contributed by atoms with E-state index in [0.29, 0.717) is 18.3 Å². The van der Waals surface area contributed by atoms with E-state index in [1.165, 1.54) is 0 Å². The number of benzene rings is 1. The summed E-state index contributed by atoms with van der Waals surface area (Å²) in [6.45, 7) is 5.81. The van der Waals surface area contributed by atoms with Crippen LogP contribution in [0.1, 0.15) is 24.4 Å². The monoisotopic (exact) mass is 398 g/mol. The number of nitrogens with zero attached hydrogens (tertiary/aromatic N) is 2. The molecule has 6 heteroatoms. The predicted molar refractivity (Wildman–Crippen MR) is 108 cm³/mol. The van der Waals surface area contributed by atoms with Crippen molar-refractivity contribution >= 4 is 35.7 Å². The van der Waals surface area contributed by atoms with Crippen LogP contribution in [-0.2, 0) is 0 Å². The van der Waals surface area contributed by atoms with Crippen LogP contribution in [-0.4, -0.2) is 36.3 Å². The lowest BCUT2D eigenvalue weighted by atomic mass is 9.84. The number of hydrogen-bond acceptors (Lipinski definition) is 3. The van der Waals surface area contributed by atoms with Gasteiger partial charge in [-0.25, -0.2) is 4.39 Å². The molecule has 3 nitrogen and oxygen atoms in total. The first-order valence-corrected chi connectivity index (χ1v) is 8.64. The Morgan fingerprint density at radius 2 is 2.12 bits per heavy atom. The Kier molecular flexibility index (Phi) is 6.89. The van der Waals surface area contributed by atoms with E-state index in [0.717, 1.165) is 41.7 Å². The number of fused-ring (bicyclic) bond motifs is 5. The Labute approximate surface area is 166 Å². The molecule has 5 rings (SSSR count). The van der Waals surface area contributed by atoms with Crippen molar-refractivity contribution in [1.82, 2.24) is 9.88 Å². The normalized spacial score (nSPS) is 30.0. The van der Waals surface area contributed by atoms with Gasteiger partial charge < -0.3 is 4.74 Å². The molecule has 0 aliphatic carbocycles. The van der Waals surface area contributed by atoms with Gasteiger partial charge in [0.25, 0.3) is 0 Å². The summed E-state index contributed by atoms with van der Waals surface area (Å²) < 4.78 is 20.6. The molecule has 3 aliphatic heterocycles. The van der Waals surface area contributed by atoms with Crippen molar-refractivity contribution in [3.05, 3.63) is 48.7 Å². The predicted octanol–water partition coefficient (Wildman–Crippen LogP) is 4.99. The summed E-state index contributed by atoms with van der Waals surface area (Å²) in [5.41, 5.74) is 1.91. The molecular weight excluding hydrogens is 374 g/mol. The van der Waals surface area contributed by atoms with Gasteiger partial charge in [-0.2, -0.15) is 0 Å². The summed E-state index contributed by atoms with van der Waals surface area (Å²) in [7, 11) is 1.65. The molecule has 0 amide bonds. The van der Waals surface area contributed by atoms with Crippen LogP contribution in [0.15, 0.2) is 43.1 Å². The van der Waals surface area contributed by atoms with Crippen molar-refractivity contribution < 1.29 is 9.13 Å². The summed E-state index contributed by atoms with van der Waals surface area (Å²) in [6, 6.07) is 7.59. The third-order valence-corrected chi connectivity index (χ3v) is 5.71. The molecule has 0 spiro atoms. The molecule has 4 heterocycles. The zero-order valence-corrected chi connectivity index (χ0v) is 16.4. The minimum atomic E-state index is -0.862. The molecule has 1 unspecified atom stereocenters. The van der Waals surface area contributed by atoms with E-state index in [1.54, 1.807) is 13.3 Å². The zero-order chi connectivity index (χ0) is 16.7. The standard InChI is InChI=1S/C20H23FN2O.2ClH/c1-3-13-12-23-9-7-14(13)10-18(21)20(23)16-6-8-22-19-5-4-15(24-2)11-17(16)19;;/h3-6,8,11,13-14,18,20H,1,7,9-10,12H2,2H3;2*1H/t13-,14-,18+,20-;;/m0../s1.